The second kappa shape index (κ2) is 9.91. The number of nitrogens with one attached hydrogen (secondary N) is 4. The Morgan fingerprint density at radius 2 is 1.33 bits per heavy atom. The molecule has 0 spiro atoms. The van der Waals surface area contributed by atoms with E-state index in [0.29, 0.717) is 23.4 Å². The summed E-state index contributed by atoms with van der Waals surface area (Å²) in [6.45, 7) is 1.75. The Morgan fingerprint density at radius 3 is 1.93 bits per heavy atom. The van der Waals surface area contributed by atoms with E-state index in [9.17, 15) is 9.59 Å². The van der Waals surface area contributed by atoms with Gasteiger partial charge in [0.1, 0.15) is 0 Å². The van der Waals surface area contributed by atoms with Crippen LogP contribution >= 0.6 is 24.4 Å². The van der Waals surface area contributed by atoms with Crippen molar-refractivity contribution in [2.24, 2.45) is 0 Å². The van der Waals surface area contributed by atoms with E-state index in [2.05, 4.69) is 21.3 Å². The van der Waals surface area contributed by atoms with Crippen LogP contribution in [0.1, 0.15) is 23.7 Å². The molecule has 4 N–H and O–H groups in total. The second-order valence-corrected chi connectivity index (χ2v) is 7.22. The summed E-state index contributed by atoms with van der Waals surface area (Å²) in [4.78, 5) is 23.8. The highest BCUT2D eigenvalue weighted by Gasteiger charge is 2.09. The normalized spacial score (nSPS) is 10.2. The molecule has 0 radical (unpaired) electrons. The Hall–Kier alpha value is -3.36. The quantitative estimate of drug-likeness (QED) is 0.459. The van der Waals surface area contributed by atoms with Gasteiger partial charge in [0.05, 0.1) is 0 Å². The van der Waals surface area contributed by atoms with Crippen LogP contribution in [0.3, 0.4) is 0 Å². The van der Waals surface area contributed by atoms with Crippen LogP contribution in [-0.2, 0) is 4.79 Å². The van der Waals surface area contributed by atoms with Gasteiger partial charge in [-0.15, -0.1) is 0 Å². The van der Waals surface area contributed by atoms with Gasteiger partial charge in [0.2, 0.25) is 5.91 Å². The Bertz CT molecular complexity index is 1110. The molecule has 3 rings (SSSR count). The fraction of sp³-hybridized carbons (Fsp3) is 0.0909. The third-order valence-corrected chi connectivity index (χ3v) is 4.62. The van der Waals surface area contributed by atoms with Crippen molar-refractivity contribution in [1.29, 1.82) is 0 Å². The fourth-order valence-corrected chi connectivity index (χ4v) is 3.12. The van der Waals surface area contributed by atoms with E-state index in [-0.39, 0.29) is 22.0 Å². The number of amides is 2. The molecule has 8 heteroatoms. The molecular weight excluding hydrogens is 416 g/mol. The van der Waals surface area contributed by atoms with E-state index in [0.717, 1.165) is 10.8 Å². The van der Waals surface area contributed by atoms with E-state index in [1.807, 2.05) is 36.4 Å². The van der Waals surface area contributed by atoms with Crippen molar-refractivity contribution >= 4 is 68.6 Å². The van der Waals surface area contributed by atoms with Crippen LogP contribution in [0.4, 0.5) is 11.4 Å². The lowest BCUT2D eigenvalue weighted by Crippen LogP contribution is -2.34. The van der Waals surface area contributed by atoms with E-state index in [1.165, 1.54) is 0 Å². The number of carbonyl (C=O) groups is 2. The molecule has 0 bridgehead atoms. The summed E-state index contributed by atoms with van der Waals surface area (Å²) in [5.41, 5.74) is 1.95. The molecule has 0 fully saturated rings. The van der Waals surface area contributed by atoms with Crippen molar-refractivity contribution in [2.75, 3.05) is 10.6 Å². The number of hydrogen-bond acceptors (Lipinski definition) is 4. The maximum absolute atomic E-state index is 12.5. The third-order valence-electron chi connectivity index (χ3n) is 4.21. The van der Waals surface area contributed by atoms with Gasteiger partial charge in [0.25, 0.3) is 5.91 Å². The van der Waals surface area contributed by atoms with Gasteiger partial charge in [-0.1, -0.05) is 37.3 Å². The summed E-state index contributed by atoms with van der Waals surface area (Å²) in [5.74, 6) is -0.438. The summed E-state index contributed by atoms with van der Waals surface area (Å²) in [7, 11) is 0. The van der Waals surface area contributed by atoms with Crippen LogP contribution in [0.2, 0.25) is 0 Å². The second-order valence-electron chi connectivity index (χ2n) is 6.40. The van der Waals surface area contributed by atoms with E-state index >= 15 is 0 Å². The van der Waals surface area contributed by atoms with Crippen molar-refractivity contribution in [1.82, 2.24) is 10.6 Å². The van der Waals surface area contributed by atoms with Gasteiger partial charge < -0.3 is 16.0 Å². The first kappa shape index (κ1) is 21.4. The van der Waals surface area contributed by atoms with Crippen LogP contribution in [0.15, 0.2) is 66.7 Å². The summed E-state index contributed by atoms with van der Waals surface area (Å²) in [6, 6.07) is 20.4. The molecule has 0 aliphatic rings. The standard InChI is InChI=1S/C22H20N4O2S2/c1-2-19(27)25-21(29)23-17-9-11-18(12-10-17)24-22(30)26-20(28)16-8-7-14-5-3-4-6-15(14)13-16/h3-13H,2H2,1H3,(H2,23,25,27,29)(H2,24,26,28,30). The van der Waals surface area contributed by atoms with Crippen LogP contribution in [-0.4, -0.2) is 22.0 Å². The maximum Gasteiger partial charge on any atom is 0.257 e. The topological polar surface area (TPSA) is 82.3 Å². The molecular formula is C22H20N4O2S2. The minimum atomic E-state index is -0.284. The van der Waals surface area contributed by atoms with Gasteiger partial charge in [-0.2, -0.15) is 0 Å². The predicted molar refractivity (Wildman–Crippen MR) is 129 cm³/mol. The van der Waals surface area contributed by atoms with Gasteiger partial charge in [0, 0.05) is 23.4 Å². The number of benzene rings is 3. The van der Waals surface area contributed by atoms with E-state index in [4.69, 9.17) is 24.4 Å². The summed E-state index contributed by atoms with van der Waals surface area (Å²) >= 11 is 10.3. The highest BCUT2D eigenvalue weighted by atomic mass is 32.1. The van der Waals surface area contributed by atoms with Crippen LogP contribution in [0.25, 0.3) is 10.8 Å². The largest absolute Gasteiger partial charge is 0.332 e. The molecule has 0 unspecified atom stereocenters. The van der Waals surface area contributed by atoms with Crippen LogP contribution < -0.4 is 21.3 Å². The summed E-state index contributed by atoms with van der Waals surface area (Å²) in [6.07, 6.45) is 0.354. The lowest BCUT2D eigenvalue weighted by molar-refractivity contribution is -0.119. The molecule has 0 aliphatic carbocycles. The molecule has 0 saturated carbocycles. The minimum Gasteiger partial charge on any atom is -0.332 e. The molecule has 2 amide bonds. The van der Waals surface area contributed by atoms with Crippen LogP contribution in [0, 0.1) is 0 Å². The van der Waals surface area contributed by atoms with Gasteiger partial charge in [-0.05, 0) is 71.6 Å². The maximum atomic E-state index is 12.5. The van der Waals surface area contributed by atoms with Crippen LogP contribution in [0.5, 0.6) is 0 Å². The number of anilines is 2. The van der Waals surface area contributed by atoms with Crippen molar-refractivity contribution < 1.29 is 9.59 Å². The molecule has 0 aliphatic heterocycles. The first-order valence-corrected chi connectivity index (χ1v) is 10.1. The zero-order chi connectivity index (χ0) is 21.5. The first-order valence-electron chi connectivity index (χ1n) is 9.26. The molecule has 3 aromatic carbocycles. The molecule has 6 nitrogen and oxygen atoms in total. The number of rotatable bonds is 4. The first-order chi connectivity index (χ1) is 14.4. The zero-order valence-electron chi connectivity index (χ0n) is 16.2. The van der Waals surface area contributed by atoms with Crippen molar-refractivity contribution in [3.05, 3.63) is 72.3 Å². The molecule has 30 heavy (non-hydrogen) atoms. The lowest BCUT2D eigenvalue weighted by Gasteiger charge is -2.12. The average molecular weight is 437 g/mol. The van der Waals surface area contributed by atoms with Crippen molar-refractivity contribution in [3.63, 3.8) is 0 Å². The van der Waals surface area contributed by atoms with Gasteiger partial charge in [0.15, 0.2) is 10.2 Å². The smallest absolute Gasteiger partial charge is 0.257 e. The zero-order valence-corrected chi connectivity index (χ0v) is 17.8. The van der Waals surface area contributed by atoms with E-state index < -0.39 is 0 Å². The monoisotopic (exact) mass is 436 g/mol. The molecule has 3 aromatic rings. The average Bonchev–Trinajstić information content (AvgIpc) is 2.74. The molecule has 0 saturated heterocycles. The van der Waals surface area contributed by atoms with Gasteiger partial charge in [-0.25, -0.2) is 0 Å². The molecule has 0 aromatic heterocycles. The third kappa shape index (κ3) is 5.82. The summed E-state index contributed by atoms with van der Waals surface area (Å²) < 4.78 is 0. The number of thiocarbonyl (C=S) groups is 2. The minimum absolute atomic E-state index is 0.154. The highest BCUT2D eigenvalue weighted by molar-refractivity contribution is 7.80. The Labute approximate surface area is 185 Å². The Morgan fingerprint density at radius 1 is 0.767 bits per heavy atom. The van der Waals surface area contributed by atoms with Crippen molar-refractivity contribution in [3.8, 4) is 0 Å². The number of hydrogen-bond donors (Lipinski definition) is 4. The van der Waals surface area contributed by atoms with E-state index in [1.54, 1.807) is 37.3 Å². The number of fused-ring (bicyclic) bond motifs is 1. The predicted octanol–water partition coefficient (Wildman–Crippen LogP) is 4.19. The van der Waals surface area contributed by atoms with Gasteiger partial charge >= 0.3 is 0 Å². The highest BCUT2D eigenvalue weighted by Crippen LogP contribution is 2.16. The Balaban J connectivity index is 1.55. The lowest BCUT2D eigenvalue weighted by atomic mass is 10.1. The fourth-order valence-electron chi connectivity index (χ4n) is 2.68. The summed E-state index contributed by atoms with van der Waals surface area (Å²) in [5, 5.41) is 13.6. The number of carbonyl (C=O) groups excluding carboxylic acids is 2. The SMILES string of the molecule is CCC(=O)NC(=S)Nc1ccc(NC(=S)NC(=O)c2ccc3ccccc3c2)cc1. The molecule has 0 atom stereocenters. The molecule has 0 heterocycles. The molecule has 152 valence electrons. The Kier molecular flexibility index (Phi) is 7.05. The van der Waals surface area contributed by atoms with Crippen molar-refractivity contribution in [2.45, 2.75) is 13.3 Å². The van der Waals surface area contributed by atoms with Gasteiger partial charge in [-0.3, -0.25) is 14.9 Å².